The molecule has 0 aliphatic heterocycles. The molecule has 0 radical (unpaired) electrons. The molecule has 3 rings (SSSR count). The second kappa shape index (κ2) is 9.71. The summed E-state index contributed by atoms with van der Waals surface area (Å²) < 4.78 is 5.23. The summed E-state index contributed by atoms with van der Waals surface area (Å²) in [6, 6.07) is 11.3. The van der Waals surface area contributed by atoms with Crippen LogP contribution in [0.4, 0.5) is 15.5 Å². The summed E-state index contributed by atoms with van der Waals surface area (Å²) in [5, 5.41) is 7.09. The molecule has 0 aliphatic carbocycles. The molecule has 0 fully saturated rings. The predicted molar refractivity (Wildman–Crippen MR) is 125 cm³/mol. The molecule has 0 atom stereocenters. The molecule has 2 aromatic carbocycles. The molecule has 0 spiro atoms. The van der Waals surface area contributed by atoms with Crippen LogP contribution in [0, 0.1) is 6.92 Å². The van der Waals surface area contributed by atoms with Gasteiger partial charge in [-0.25, -0.2) is 9.59 Å². The number of nitrogens with one attached hydrogen (secondary N) is 2. The molecule has 0 aliphatic rings. The number of rotatable bonds is 5. The van der Waals surface area contributed by atoms with Crippen LogP contribution in [-0.2, 0) is 4.74 Å². The first-order chi connectivity index (χ1) is 14.3. The number of aryl methyl sites for hydroxylation is 1. The number of amides is 2. The van der Waals surface area contributed by atoms with E-state index in [9.17, 15) is 9.59 Å². The van der Waals surface area contributed by atoms with Gasteiger partial charge in [0.15, 0.2) is 0 Å². The lowest BCUT2D eigenvalue weighted by Crippen LogP contribution is -2.20. The molecule has 2 N–H and O–H groups in total. The highest BCUT2D eigenvalue weighted by molar-refractivity contribution is 7.17. The first-order valence-corrected chi connectivity index (χ1v) is 10.8. The van der Waals surface area contributed by atoms with Gasteiger partial charge in [-0.05, 0) is 49.7 Å². The number of thiophene rings is 1. The maximum atomic E-state index is 12.7. The van der Waals surface area contributed by atoms with Crippen LogP contribution in [0.5, 0.6) is 0 Å². The van der Waals surface area contributed by atoms with E-state index in [1.165, 1.54) is 17.4 Å². The fourth-order valence-electron chi connectivity index (χ4n) is 2.83. The number of benzene rings is 2. The number of hydrogen-bond donors (Lipinski definition) is 2. The first kappa shape index (κ1) is 22.4. The Labute approximate surface area is 192 Å². The Morgan fingerprint density at radius 2 is 1.70 bits per heavy atom. The summed E-state index contributed by atoms with van der Waals surface area (Å²) in [5.41, 5.74) is 2.26. The van der Waals surface area contributed by atoms with E-state index in [-0.39, 0.29) is 6.61 Å². The normalized spacial score (nSPS) is 10.6. The minimum absolute atomic E-state index is 0.211. The lowest BCUT2D eigenvalue weighted by atomic mass is 10.0. The molecule has 156 valence electrons. The van der Waals surface area contributed by atoms with E-state index < -0.39 is 12.0 Å². The molecule has 3 aromatic rings. The quantitative estimate of drug-likeness (QED) is 0.369. The van der Waals surface area contributed by atoms with Gasteiger partial charge in [0, 0.05) is 21.2 Å². The van der Waals surface area contributed by atoms with E-state index in [1.807, 2.05) is 19.1 Å². The zero-order valence-corrected chi connectivity index (χ0v) is 19.1. The first-order valence-electron chi connectivity index (χ1n) is 8.89. The molecule has 0 bridgehead atoms. The van der Waals surface area contributed by atoms with Crippen molar-refractivity contribution in [2.45, 2.75) is 13.8 Å². The van der Waals surface area contributed by atoms with Gasteiger partial charge in [0.25, 0.3) is 0 Å². The van der Waals surface area contributed by atoms with E-state index in [0.29, 0.717) is 36.9 Å². The third kappa shape index (κ3) is 5.08. The lowest BCUT2D eigenvalue weighted by molar-refractivity contribution is 0.0529. The van der Waals surface area contributed by atoms with Crippen molar-refractivity contribution in [3.63, 3.8) is 0 Å². The largest absolute Gasteiger partial charge is 0.462 e. The van der Waals surface area contributed by atoms with Gasteiger partial charge < -0.3 is 10.1 Å². The summed E-state index contributed by atoms with van der Waals surface area (Å²) in [6.45, 7) is 3.81. The Morgan fingerprint density at radius 1 is 1.00 bits per heavy atom. The second-order valence-electron chi connectivity index (χ2n) is 6.17. The maximum Gasteiger partial charge on any atom is 0.341 e. The highest BCUT2D eigenvalue weighted by Crippen LogP contribution is 2.40. The summed E-state index contributed by atoms with van der Waals surface area (Å²) in [4.78, 5) is 26.1. The van der Waals surface area contributed by atoms with Gasteiger partial charge in [-0.15, -0.1) is 11.3 Å². The van der Waals surface area contributed by atoms with Crippen LogP contribution in [0.25, 0.3) is 11.1 Å². The Bertz CT molecular complexity index is 1100. The third-order valence-corrected chi connectivity index (χ3v) is 6.11. The van der Waals surface area contributed by atoms with Gasteiger partial charge in [0.1, 0.15) is 10.6 Å². The molecular weight excluding hydrogens is 467 g/mol. The van der Waals surface area contributed by atoms with Crippen molar-refractivity contribution in [1.29, 1.82) is 0 Å². The van der Waals surface area contributed by atoms with E-state index in [2.05, 4.69) is 10.6 Å². The topological polar surface area (TPSA) is 67.4 Å². The minimum atomic E-state index is -0.525. The van der Waals surface area contributed by atoms with Crippen molar-refractivity contribution in [2.75, 3.05) is 17.2 Å². The molecular formula is C21H17Cl3N2O3S. The molecule has 5 nitrogen and oxygen atoms in total. The minimum Gasteiger partial charge on any atom is -0.462 e. The average molecular weight is 484 g/mol. The highest BCUT2D eigenvalue weighted by Gasteiger charge is 2.25. The molecule has 0 saturated carbocycles. The van der Waals surface area contributed by atoms with Gasteiger partial charge in [-0.3, -0.25) is 5.32 Å². The third-order valence-electron chi connectivity index (χ3n) is 4.10. The molecule has 2 amide bonds. The molecule has 1 heterocycles. The molecule has 30 heavy (non-hydrogen) atoms. The number of urea groups is 1. The zero-order valence-electron chi connectivity index (χ0n) is 16.0. The van der Waals surface area contributed by atoms with Crippen molar-refractivity contribution in [3.05, 3.63) is 68.0 Å². The number of carbonyl (C=O) groups excluding carboxylic acids is 2. The Balaban J connectivity index is 1.94. The highest BCUT2D eigenvalue weighted by atomic mass is 35.5. The van der Waals surface area contributed by atoms with E-state index in [0.717, 1.165) is 10.4 Å². The van der Waals surface area contributed by atoms with E-state index in [1.54, 1.807) is 31.2 Å². The second-order valence-corrected chi connectivity index (χ2v) is 8.65. The van der Waals surface area contributed by atoms with Crippen LogP contribution in [0.15, 0.2) is 42.5 Å². The SMILES string of the molecule is CCOC(=O)c1c(NC(=O)Nc2ccc(Cl)c(Cl)c2)sc(C)c1-c1ccc(Cl)cc1. The standard InChI is InChI=1S/C21H17Cl3N2O3S/c1-3-29-20(27)18-17(12-4-6-13(22)7-5-12)11(2)30-19(18)26-21(28)25-14-8-9-15(23)16(24)10-14/h4-10H,3H2,1-2H3,(H2,25,26,28). The number of hydrogen-bond acceptors (Lipinski definition) is 4. The number of ether oxygens (including phenoxy) is 1. The fourth-order valence-corrected chi connectivity index (χ4v) is 4.32. The van der Waals surface area contributed by atoms with Crippen molar-refractivity contribution >= 4 is 68.8 Å². The molecule has 9 heteroatoms. The van der Waals surface area contributed by atoms with Crippen LogP contribution < -0.4 is 10.6 Å². The van der Waals surface area contributed by atoms with E-state index >= 15 is 0 Å². The van der Waals surface area contributed by atoms with E-state index in [4.69, 9.17) is 39.5 Å². The van der Waals surface area contributed by atoms with Crippen LogP contribution >= 0.6 is 46.1 Å². The van der Waals surface area contributed by atoms with Gasteiger partial charge in [-0.2, -0.15) is 0 Å². The zero-order chi connectivity index (χ0) is 21.8. The Hall–Kier alpha value is -2.25. The van der Waals surface area contributed by atoms with Crippen molar-refractivity contribution in [2.24, 2.45) is 0 Å². The Kier molecular flexibility index (Phi) is 7.26. The van der Waals surface area contributed by atoms with Gasteiger partial charge >= 0.3 is 12.0 Å². The molecule has 1 aromatic heterocycles. The number of halogens is 3. The lowest BCUT2D eigenvalue weighted by Gasteiger charge is -2.10. The number of anilines is 2. The van der Waals surface area contributed by atoms with Crippen LogP contribution in [-0.4, -0.2) is 18.6 Å². The van der Waals surface area contributed by atoms with Gasteiger partial charge in [0.05, 0.1) is 16.7 Å². The monoisotopic (exact) mass is 482 g/mol. The van der Waals surface area contributed by atoms with Crippen molar-refractivity contribution < 1.29 is 14.3 Å². The van der Waals surface area contributed by atoms with Gasteiger partial charge in [-0.1, -0.05) is 46.9 Å². The van der Waals surface area contributed by atoms with Crippen LogP contribution in [0.2, 0.25) is 15.1 Å². The van der Waals surface area contributed by atoms with Crippen LogP contribution in [0.1, 0.15) is 22.2 Å². The summed E-state index contributed by atoms with van der Waals surface area (Å²) in [6.07, 6.45) is 0. The van der Waals surface area contributed by atoms with Crippen molar-refractivity contribution in [1.82, 2.24) is 0 Å². The molecule has 0 unspecified atom stereocenters. The van der Waals surface area contributed by atoms with Gasteiger partial charge in [0.2, 0.25) is 0 Å². The fraction of sp³-hybridized carbons (Fsp3) is 0.143. The van der Waals surface area contributed by atoms with Crippen LogP contribution in [0.3, 0.4) is 0 Å². The summed E-state index contributed by atoms with van der Waals surface area (Å²) in [7, 11) is 0. The summed E-state index contributed by atoms with van der Waals surface area (Å²) in [5.74, 6) is -0.517. The predicted octanol–water partition coefficient (Wildman–Crippen LogP) is 7.50. The Morgan fingerprint density at radius 3 is 2.33 bits per heavy atom. The van der Waals surface area contributed by atoms with Crippen molar-refractivity contribution in [3.8, 4) is 11.1 Å². The maximum absolute atomic E-state index is 12.7. The smallest absolute Gasteiger partial charge is 0.341 e. The number of carbonyl (C=O) groups is 2. The number of esters is 1. The summed E-state index contributed by atoms with van der Waals surface area (Å²) >= 11 is 19.2. The average Bonchev–Trinajstić information content (AvgIpc) is 3.01. The molecule has 0 saturated heterocycles.